The molecule has 0 aliphatic rings. The first kappa shape index (κ1) is 31.3. The van der Waals surface area contributed by atoms with Crippen molar-refractivity contribution < 1.29 is 23.2 Å². The quantitative estimate of drug-likeness (QED) is 0.0638. The zero-order valence-electron chi connectivity index (χ0n) is 24.7. The van der Waals surface area contributed by atoms with E-state index >= 15 is 0 Å². The van der Waals surface area contributed by atoms with Crippen molar-refractivity contribution >= 4 is 68.8 Å². The van der Waals surface area contributed by atoms with Crippen molar-refractivity contribution in [2.24, 2.45) is 0 Å². The van der Waals surface area contributed by atoms with Crippen molar-refractivity contribution in [1.29, 1.82) is 0 Å². The third kappa shape index (κ3) is 8.33. The molecule has 7 N–H and O–H groups in total. The molecular formula is C32H26N10O5S. The van der Waals surface area contributed by atoms with Gasteiger partial charge in [-0.1, -0.05) is 66.7 Å². The smallest absolute Gasteiger partial charge is 0.320 e. The number of aromatic nitrogens is 6. The first-order chi connectivity index (χ1) is 23.2. The third-order valence-electron chi connectivity index (χ3n) is 6.48. The van der Waals surface area contributed by atoms with Crippen molar-refractivity contribution in [3.05, 3.63) is 114 Å². The largest absolute Gasteiger partial charge is 0.479 e. The number of rotatable bonds is 11. The summed E-state index contributed by atoms with van der Waals surface area (Å²) in [5.41, 5.74) is 3.20. The van der Waals surface area contributed by atoms with E-state index in [0.29, 0.717) is 16.9 Å². The Bertz CT molecular complexity index is 2190. The minimum Gasteiger partial charge on any atom is -0.479 e. The van der Waals surface area contributed by atoms with Crippen LogP contribution in [0.5, 0.6) is 12.0 Å². The van der Waals surface area contributed by atoms with E-state index in [2.05, 4.69) is 51.2 Å². The number of nitrogens with zero attached hydrogens (tertiary/aromatic N) is 6. The molecule has 0 atom stereocenters. The molecule has 16 heteroatoms. The predicted molar refractivity (Wildman–Crippen MR) is 181 cm³/mol. The molecule has 6 aromatic rings. The summed E-state index contributed by atoms with van der Waals surface area (Å²) < 4.78 is 34.6. The van der Waals surface area contributed by atoms with Crippen LogP contribution in [0.3, 0.4) is 0 Å². The summed E-state index contributed by atoms with van der Waals surface area (Å²) in [6, 6.07) is 28.5. The SMILES string of the molecule is O=S(=O)(O)c1cc(Nc2nc(O)nc(Nc3ccccc3)n2)ccc1/C=C/c1ccc(Nc2nc(O)nc(Nc3ccccc3)n2)cc1. The first-order valence-electron chi connectivity index (χ1n) is 14.1. The van der Waals surface area contributed by atoms with Gasteiger partial charge in [-0.25, -0.2) is 0 Å². The maximum absolute atomic E-state index is 12.3. The van der Waals surface area contributed by atoms with Crippen LogP contribution in [0.4, 0.5) is 46.5 Å². The fraction of sp³-hybridized carbons (Fsp3) is 0. The maximum Gasteiger partial charge on any atom is 0.320 e. The number of benzene rings is 4. The Morgan fingerprint density at radius 3 is 1.38 bits per heavy atom. The van der Waals surface area contributed by atoms with Crippen LogP contribution in [-0.4, -0.2) is 53.1 Å². The Labute approximate surface area is 273 Å². The number of anilines is 8. The van der Waals surface area contributed by atoms with Gasteiger partial charge in [-0.2, -0.15) is 38.3 Å². The number of hydrogen-bond donors (Lipinski definition) is 7. The molecule has 2 aromatic heterocycles. The van der Waals surface area contributed by atoms with Crippen LogP contribution in [0.2, 0.25) is 0 Å². The van der Waals surface area contributed by atoms with Gasteiger partial charge < -0.3 is 31.5 Å². The molecule has 240 valence electrons. The topological polar surface area (TPSA) is 220 Å². The summed E-state index contributed by atoms with van der Waals surface area (Å²) in [7, 11) is -4.64. The summed E-state index contributed by atoms with van der Waals surface area (Å²) in [5.74, 6) is 0.271. The molecule has 0 amide bonds. The second kappa shape index (κ2) is 13.8. The fourth-order valence-electron chi connectivity index (χ4n) is 4.35. The van der Waals surface area contributed by atoms with Crippen LogP contribution in [0, 0.1) is 0 Å². The van der Waals surface area contributed by atoms with Gasteiger partial charge >= 0.3 is 12.0 Å². The molecule has 6 rings (SSSR count). The summed E-state index contributed by atoms with van der Waals surface area (Å²) in [4.78, 5) is 23.6. The number of para-hydroxylation sites is 2. The highest BCUT2D eigenvalue weighted by molar-refractivity contribution is 7.86. The predicted octanol–water partition coefficient (Wildman–Crippen LogP) is 5.86. The van der Waals surface area contributed by atoms with E-state index in [1.807, 2.05) is 48.5 Å². The van der Waals surface area contributed by atoms with Gasteiger partial charge in [0.05, 0.1) is 0 Å². The van der Waals surface area contributed by atoms with E-state index in [1.54, 1.807) is 48.5 Å². The first-order valence-corrected chi connectivity index (χ1v) is 15.6. The minimum absolute atomic E-state index is 0.0586. The summed E-state index contributed by atoms with van der Waals surface area (Å²) >= 11 is 0. The minimum atomic E-state index is -4.64. The van der Waals surface area contributed by atoms with Crippen LogP contribution in [-0.2, 0) is 10.1 Å². The fourth-order valence-corrected chi connectivity index (χ4v) is 5.06. The van der Waals surface area contributed by atoms with Crippen molar-refractivity contribution in [3.63, 3.8) is 0 Å². The van der Waals surface area contributed by atoms with E-state index < -0.39 is 22.1 Å². The van der Waals surface area contributed by atoms with E-state index in [4.69, 9.17) is 0 Å². The average molecular weight is 663 g/mol. The van der Waals surface area contributed by atoms with Crippen molar-refractivity contribution in [2.75, 3.05) is 21.3 Å². The molecular weight excluding hydrogens is 636 g/mol. The molecule has 48 heavy (non-hydrogen) atoms. The lowest BCUT2D eigenvalue weighted by Gasteiger charge is -2.10. The molecule has 0 radical (unpaired) electrons. The maximum atomic E-state index is 12.3. The highest BCUT2D eigenvalue weighted by Gasteiger charge is 2.16. The van der Waals surface area contributed by atoms with Crippen LogP contribution >= 0.6 is 0 Å². The molecule has 0 aliphatic carbocycles. The highest BCUT2D eigenvalue weighted by Crippen LogP contribution is 2.26. The summed E-state index contributed by atoms with van der Waals surface area (Å²) in [6.07, 6.45) is 3.21. The van der Waals surface area contributed by atoms with Crippen LogP contribution < -0.4 is 21.3 Å². The lowest BCUT2D eigenvalue weighted by atomic mass is 10.1. The monoisotopic (exact) mass is 662 g/mol. The van der Waals surface area contributed by atoms with Gasteiger partial charge in [0.25, 0.3) is 10.1 Å². The Hall–Kier alpha value is -6.65. The van der Waals surface area contributed by atoms with Gasteiger partial charge in [-0.15, -0.1) is 0 Å². The zero-order valence-corrected chi connectivity index (χ0v) is 25.5. The van der Waals surface area contributed by atoms with Crippen molar-refractivity contribution in [3.8, 4) is 12.0 Å². The summed E-state index contributed by atoms with van der Waals surface area (Å²) in [5, 5.41) is 31.8. The third-order valence-corrected chi connectivity index (χ3v) is 7.39. The Morgan fingerprint density at radius 1 is 0.500 bits per heavy atom. The van der Waals surface area contributed by atoms with E-state index in [-0.39, 0.29) is 39.9 Å². The molecule has 0 bridgehead atoms. The molecule has 0 spiro atoms. The molecule has 4 aromatic carbocycles. The second-order valence-corrected chi connectivity index (χ2v) is 11.4. The number of aromatic hydroxyl groups is 2. The molecule has 0 unspecified atom stereocenters. The van der Waals surface area contributed by atoms with E-state index in [0.717, 1.165) is 5.69 Å². The Balaban J connectivity index is 1.15. The second-order valence-electron chi connectivity index (χ2n) is 9.98. The molecule has 2 heterocycles. The molecule has 15 nitrogen and oxygen atoms in total. The lowest BCUT2D eigenvalue weighted by Crippen LogP contribution is -2.05. The van der Waals surface area contributed by atoms with Gasteiger partial charge in [-0.05, 0) is 59.7 Å². The number of nitrogens with one attached hydrogen (secondary N) is 4. The standard InChI is InChI=1S/C32H26N10O5S/c43-31-39-27(33-22-7-3-1-4-8-22)37-29(41-31)35-24-16-12-20(13-17-24)11-14-21-15-18-25(19-26(21)48(45,46)47)36-30-38-28(40-32(44)42-30)34-23-9-5-2-6-10-23/h1-19H,(H,45,46,47)(H3,33,35,37,39,41,43)(H3,34,36,38,40,42,44)/b14-11+. The van der Waals surface area contributed by atoms with E-state index in [1.165, 1.54) is 18.2 Å². The van der Waals surface area contributed by atoms with Crippen LogP contribution in [0.15, 0.2) is 108 Å². The summed E-state index contributed by atoms with van der Waals surface area (Å²) in [6.45, 7) is 0. The van der Waals surface area contributed by atoms with Gasteiger partial charge in [0.1, 0.15) is 4.90 Å². The normalized spacial score (nSPS) is 11.3. The van der Waals surface area contributed by atoms with Crippen LogP contribution in [0.25, 0.3) is 12.2 Å². The highest BCUT2D eigenvalue weighted by atomic mass is 32.2. The Kier molecular flexibility index (Phi) is 8.99. The molecule has 0 aliphatic heterocycles. The van der Waals surface area contributed by atoms with Crippen LogP contribution in [0.1, 0.15) is 11.1 Å². The van der Waals surface area contributed by atoms with E-state index in [9.17, 15) is 23.2 Å². The number of hydrogen-bond acceptors (Lipinski definition) is 14. The van der Waals surface area contributed by atoms with Gasteiger partial charge in [0.2, 0.25) is 23.8 Å². The lowest BCUT2D eigenvalue weighted by molar-refractivity contribution is 0.429. The van der Waals surface area contributed by atoms with Crippen molar-refractivity contribution in [2.45, 2.75) is 4.90 Å². The average Bonchev–Trinajstić information content (AvgIpc) is 3.05. The van der Waals surface area contributed by atoms with Gasteiger partial charge in [0.15, 0.2) is 0 Å². The molecule has 0 saturated carbocycles. The zero-order chi connectivity index (χ0) is 33.5. The Morgan fingerprint density at radius 2 is 0.917 bits per heavy atom. The van der Waals surface area contributed by atoms with Gasteiger partial charge in [-0.3, -0.25) is 4.55 Å². The molecule has 0 fully saturated rings. The van der Waals surface area contributed by atoms with Crippen molar-refractivity contribution in [1.82, 2.24) is 29.9 Å². The molecule has 0 saturated heterocycles. The van der Waals surface area contributed by atoms with Gasteiger partial charge in [0, 0.05) is 22.7 Å².